The van der Waals surface area contributed by atoms with Crippen LogP contribution >= 0.6 is 0 Å². The van der Waals surface area contributed by atoms with Gasteiger partial charge < -0.3 is 10.1 Å². The molecule has 0 atom stereocenters. The molecule has 5 heteroatoms. The smallest absolute Gasteiger partial charge is 0.251 e. The van der Waals surface area contributed by atoms with Crippen LogP contribution in [0.4, 0.5) is 0 Å². The van der Waals surface area contributed by atoms with Gasteiger partial charge in [0, 0.05) is 36.4 Å². The number of Topliss-reactive ketones (excluding diaryl/α,β-unsaturated/α-hetero) is 2. The minimum absolute atomic E-state index is 0.0472. The van der Waals surface area contributed by atoms with E-state index in [1.54, 1.807) is 0 Å². The molecule has 41 heavy (non-hydrogen) atoms. The van der Waals surface area contributed by atoms with Crippen molar-refractivity contribution in [3.8, 4) is 5.75 Å². The summed E-state index contributed by atoms with van der Waals surface area (Å²) in [7, 11) is 0. The summed E-state index contributed by atoms with van der Waals surface area (Å²) < 4.78 is 6.17. The van der Waals surface area contributed by atoms with E-state index in [9.17, 15) is 14.4 Å². The van der Waals surface area contributed by atoms with E-state index in [1.807, 2.05) is 84.9 Å². The maximum Gasteiger partial charge on any atom is 0.251 e. The standard InChI is InChI=1S/C36H37NO4/c38-34(11-6-24-37-36(40)31-14-13-27-9-4-5-10-30(27)25-31)28-15-19-32(20-16-28)41-33-21-17-29(18-22-33)35(39)23-12-26-7-2-1-3-8-26/h1-5,7-10,13-16,19-20,25,29,33H,6,11-12,17-18,21-24H2,(H,37,40). The molecular formula is C36H37NO4. The molecule has 0 spiro atoms. The SMILES string of the molecule is O=C(CCCNC(=O)c1ccc2ccccc2c1)c1ccc(OC2CCC(C(=O)CCc3ccccc3)CC2)cc1. The van der Waals surface area contributed by atoms with Gasteiger partial charge in [0.05, 0.1) is 6.10 Å². The number of benzene rings is 4. The van der Waals surface area contributed by atoms with Gasteiger partial charge in [-0.25, -0.2) is 0 Å². The van der Waals surface area contributed by atoms with Crippen LogP contribution in [-0.4, -0.2) is 30.1 Å². The third-order valence-electron chi connectivity index (χ3n) is 7.99. The number of rotatable bonds is 12. The summed E-state index contributed by atoms with van der Waals surface area (Å²) in [5.74, 6) is 1.17. The average molecular weight is 548 g/mol. The van der Waals surface area contributed by atoms with Crippen molar-refractivity contribution in [3.05, 3.63) is 114 Å². The maximum absolute atomic E-state index is 12.7. The monoisotopic (exact) mass is 547 g/mol. The summed E-state index contributed by atoms with van der Waals surface area (Å²) in [6.07, 6.45) is 5.91. The molecule has 1 aliphatic carbocycles. The molecule has 4 aromatic carbocycles. The Hall–Kier alpha value is -4.25. The van der Waals surface area contributed by atoms with Crippen molar-refractivity contribution in [1.82, 2.24) is 5.32 Å². The summed E-state index contributed by atoms with van der Waals surface area (Å²) in [4.78, 5) is 37.9. The molecule has 1 amide bonds. The van der Waals surface area contributed by atoms with Gasteiger partial charge in [-0.3, -0.25) is 14.4 Å². The number of nitrogens with one attached hydrogen (secondary N) is 1. The zero-order valence-corrected chi connectivity index (χ0v) is 23.4. The van der Waals surface area contributed by atoms with E-state index in [0.717, 1.165) is 48.6 Å². The lowest BCUT2D eigenvalue weighted by molar-refractivity contribution is -0.124. The second kappa shape index (κ2) is 13.9. The van der Waals surface area contributed by atoms with Gasteiger partial charge in [-0.1, -0.05) is 60.7 Å². The molecule has 0 bridgehead atoms. The summed E-state index contributed by atoms with van der Waals surface area (Å²) in [5.41, 5.74) is 2.48. The van der Waals surface area contributed by atoms with E-state index in [2.05, 4.69) is 17.4 Å². The maximum atomic E-state index is 12.7. The lowest BCUT2D eigenvalue weighted by atomic mass is 9.83. The largest absolute Gasteiger partial charge is 0.490 e. The number of aryl methyl sites for hydroxylation is 1. The molecule has 5 nitrogen and oxygen atoms in total. The van der Waals surface area contributed by atoms with Crippen LogP contribution < -0.4 is 10.1 Å². The van der Waals surface area contributed by atoms with Crippen LogP contribution in [0.2, 0.25) is 0 Å². The second-order valence-corrected chi connectivity index (χ2v) is 10.9. The number of amides is 1. The number of ketones is 2. The molecule has 1 saturated carbocycles. The number of carbonyl (C=O) groups is 3. The van der Waals surface area contributed by atoms with Crippen molar-refractivity contribution < 1.29 is 19.1 Å². The lowest BCUT2D eigenvalue weighted by Crippen LogP contribution is -2.28. The Kier molecular flexibility index (Phi) is 9.58. The predicted octanol–water partition coefficient (Wildman–Crippen LogP) is 7.37. The van der Waals surface area contributed by atoms with Crippen molar-refractivity contribution in [2.24, 2.45) is 5.92 Å². The van der Waals surface area contributed by atoms with Crippen LogP contribution in [0.5, 0.6) is 5.75 Å². The molecule has 4 aromatic rings. The molecule has 210 valence electrons. The first kappa shape index (κ1) is 28.3. The van der Waals surface area contributed by atoms with Crippen molar-refractivity contribution >= 4 is 28.2 Å². The minimum atomic E-state index is -0.129. The first-order valence-electron chi connectivity index (χ1n) is 14.7. The fourth-order valence-corrected chi connectivity index (χ4v) is 5.56. The molecule has 0 aliphatic heterocycles. The van der Waals surface area contributed by atoms with E-state index in [4.69, 9.17) is 4.74 Å². The van der Waals surface area contributed by atoms with Crippen molar-refractivity contribution in [1.29, 1.82) is 0 Å². The van der Waals surface area contributed by atoms with Crippen molar-refractivity contribution in [2.75, 3.05) is 6.54 Å². The molecule has 0 heterocycles. The van der Waals surface area contributed by atoms with E-state index >= 15 is 0 Å². The number of hydrogen-bond acceptors (Lipinski definition) is 4. The first-order valence-corrected chi connectivity index (χ1v) is 14.7. The highest BCUT2D eigenvalue weighted by Gasteiger charge is 2.27. The molecule has 5 rings (SSSR count). The van der Waals surface area contributed by atoms with Gasteiger partial charge in [0.1, 0.15) is 11.5 Å². The van der Waals surface area contributed by atoms with Crippen LogP contribution in [0.15, 0.2) is 97.1 Å². The van der Waals surface area contributed by atoms with Gasteiger partial charge in [0.25, 0.3) is 5.91 Å². The van der Waals surface area contributed by atoms with Crippen molar-refractivity contribution in [3.63, 3.8) is 0 Å². The summed E-state index contributed by atoms with van der Waals surface area (Å²) in [6, 6.07) is 31.1. The summed E-state index contributed by atoms with van der Waals surface area (Å²) >= 11 is 0. The van der Waals surface area contributed by atoms with Crippen LogP contribution in [0.25, 0.3) is 10.8 Å². The Morgan fingerprint density at radius 2 is 1.39 bits per heavy atom. The summed E-state index contributed by atoms with van der Waals surface area (Å²) in [5, 5.41) is 5.04. The van der Waals surface area contributed by atoms with Gasteiger partial charge in [0.15, 0.2) is 5.78 Å². The molecule has 1 fully saturated rings. The van der Waals surface area contributed by atoms with E-state index in [1.165, 1.54) is 5.56 Å². The molecule has 1 aliphatic rings. The van der Waals surface area contributed by atoms with Crippen LogP contribution in [0, 0.1) is 5.92 Å². The zero-order chi connectivity index (χ0) is 28.4. The topological polar surface area (TPSA) is 72.5 Å². The lowest BCUT2D eigenvalue weighted by Gasteiger charge is -2.28. The Labute approximate surface area is 241 Å². The first-order chi connectivity index (χ1) is 20.0. The molecule has 0 unspecified atom stereocenters. The van der Waals surface area contributed by atoms with Gasteiger partial charge in [-0.05, 0) is 91.3 Å². The minimum Gasteiger partial charge on any atom is -0.490 e. The number of fused-ring (bicyclic) bond motifs is 1. The van der Waals surface area contributed by atoms with Crippen LogP contribution in [0.1, 0.15) is 71.2 Å². The van der Waals surface area contributed by atoms with Gasteiger partial charge >= 0.3 is 0 Å². The Morgan fingerprint density at radius 3 is 2.15 bits per heavy atom. The molecule has 0 saturated heterocycles. The Balaban J connectivity index is 0.998. The Morgan fingerprint density at radius 1 is 0.707 bits per heavy atom. The fraction of sp³-hybridized carbons (Fsp3) is 0.306. The quantitative estimate of drug-likeness (QED) is 0.148. The number of hydrogen-bond donors (Lipinski definition) is 1. The molecule has 1 N–H and O–H groups in total. The summed E-state index contributed by atoms with van der Waals surface area (Å²) in [6.45, 7) is 0.441. The number of carbonyl (C=O) groups excluding carboxylic acids is 3. The highest BCUT2D eigenvalue weighted by Crippen LogP contribution is 2.29. The van der Waals surface area contributed by atoms with E-state index < -0.39 is 0 Å². The van der Waals surface area contributed by atoms with Gasteiger partial charge in [0.2, 0.25) is 0 Å². The number of ether oxygens (including phenoxy) is 1. The fourth-order valence-electron chi connectivity index (χ4n) is 5.56. The van der Waals surface area contributed by atoms with Crippen molar-refractivity contribution in [2.45, 2.75) is 57.5 Å². The second-order valence-electron chi connectivity index (χ2n) is 10.9. The molecular weight excluding hydrogens is 510 g/mol. The highest BCUT2D eigenvalue weighted by atomic mass is 16.5. The third-order valence-corrected chi connectivity index (χ3v) is 7.99. The molecule has 0 aromatic heterocycles. The van der Waals surface area contributed by atoms with Gasteiger partial charge in [-0.2, -0.15) is 0 Å². The molecule has 0 radical (unpaired) electrons. The third kappa shape index (κ3) is 7.91. The van der Waals surface area contributed by atoms with Crippen LogP contribution in [-0.2, 0) is 11.2 Å². The zero-order valence-electron chi connectivity index (χ0n) is 23.4. The normalized spacial score (nSPS) is 16.7. The van der Waals surface area contributed by atoms with E-state index in [0.29, 0.717) is 42.7 Å². The Bertz CT molecular complexity index is 1470. The predicted molar refractivity (Wildman–Crippen MR) is 162 cm³/mol. The van der Waals surface area contributed by atoms with Gasteiger partial charge in [-0.15, -0.1) is 0 Å². The average Bonchev–Trinajstić information content (AvgIpc) is 3.02. The highest BCUT2D eigenvalue weighted by molar-refractivity contribution is 5.99. The van der Waals surface area contributed by atoms with Crippen LogP contribution in [0.3, 0.4) is 0 Å². The van der Waals surface area contributed by atoms with E-state index in [-0.39, 0.29) is 23.7 Å².